The molecule has 0 bridgehead atoms. The molecule has 1 amide bonds. The highest BCUT2D eigenvalue weighted by atomic mass is 32.2. The largest absolute Gasteiger partial charge is 0.372 e. The Hall–Kier alpha value is -0.660. The Morgan fingerprint density at radius 3 is 2.30 bits per heavy atom. The molecule has 6 nitrogen and oxygen atoms in total. The van der Waals surface area contributed by atoms with Crippen LogP contribution in [0.2, 0.25) is 0 Å². The second kappa shape index (κ2) is 5.99. The molecule has 0 aliphatic carbocycles. The van der Waals surface area contributed by atoms with Gasteiger partial charge in [0.05, 0.1) is 24.4 Å². The van der Waals surface area contributed by atoms with Crippen LogP contribution in [0, 0.1) is 5.92 Å². The molecule has 7 heteroatoms. The van der Waals surface area contributed by atoms with Gasteiger partial charge in [-0.3, -0.25) is 4.79 Å². The molecule has 20 heavy (non-hydrogen) atoms. The van der Waals surface area contributed by atoms with Crippen LogP contribution in [0.15, 0.2) is 0 Å². The quantitative estimate of drug-likeness (QED) is 0.735. The van der Waals surface area contributed by atoms with Crippen molar-refractivity contribution in [3.05, 3.63) is 0 Å². The molecule has 2 aliphatic rings. The molecule has 0 saturated carbocycles. The highest BCUT2D eigenvalue weighted by Gasteiger charge is 2.35. The topological polar surface area (TPSA) is 66.9 Å². The normalized spacial score (nSPS) is 33.1. The van der Waals surface area contributed by atoms with E-state index in [2.05, 4.69) is 0 Å². The molecule has 2 saturated heterocycles. The van der Waals surface area contributed by atoms with Gasteiger partial charge in [-0.15, -0.1) is 0 Å². The first kappa shape index (κ1) is 15.7. The Morgan fingerprint density at radius 2 is 1.75 bits per heavy atom. The molecular weight excluding hydrogens is 280 g/mol. The van der Waals surface area contributed by atoms with Crippen molar-refractivity contribution in [3.63, 3.8) is 0 Å². The fourth-order valence-electron chi connectivity index (χ4n) is 3.06. The lowest BCUT2D eigenvalue weighted by atomic mass is 9.97. The molecule has 2 heterocycles. The first-order chi connectivity index (χ1) is 9.27. The summed E-state index contributed by atoms with van der Waals surface area (Å²) in [5.41, 5.74) is 0. The average molecular weight is 304 g/mol. The van der Waals surface area contributed by atoms with E-state index in [0.717, 1.165) is 12.8 Å². The maximum Gasteiger partial charge on any atom is 0.227 e. The third kappa shape index (κ3) is 3.71. The van der Waals surface area contributed by atoms with Crippen molar-refractivity contribution in [2.45, 2.75) is 38.9 Å². The number of nitrogens with zero attached hydrogens (tertiary/aromatic N) is 2. The third-order valence-electron chi connectivity index (χ3n) is 3.93. The number of piperidine rings is 1. The Bertz CT molecular complexity index is 455. The summed E-state index contributed by atoms with van der Waals surface area (Å²) in [6.07, 6.45) is 2.80. The van der Waals surface area contributed by atoms with E-state index in [1.54, 1.807) is 0 Å². The summed E-state index contributed by atoms with van der Waals surface area (Å²) in [5.74, 6) is -0.142. The van der Waals surface area contributed by atoms with E-state index in [0.29, 0.717) is 26.2 Å². The van der Waals surface area contributed by atoms with E-state index in [4.69, 9.17) is 4.74 Å². The number of amides is 1. The molecule has 2 rings (SSSR count). The Labute approximate surface area is 121 Å². The van der Waals surface area contributed by atoms with Gasteiger partial charge >= 0.3 is 0 Å². The summed E-state index contributed by atoms with van der Waals surface area (Å²) in [6, 6.07) is 0. The number of hydrogen-bond acceptors (Lipinski definition) is 4. The number of ether oxygens (including phenoxy) is 1. The highest BCUT2D eigenvalue weighted by Crippen LogP contribution is 2.22. The third-order valence-corrected chi connectivity index (χ3v) is 5.20. The summed E-state index contributed by atoms with van der Waals surface area (Å²) < 4.78 is 30.3. The second-order valence-corrected chi connectivity index (χ2v) is 7.94. The molecule has 0 aromatic carbocycles. The van der Waals surface area contributed by atoms with Gasteiger partial charge in [-0.2, -0.15) is 0 Å². The molecule has 0 radical (unpaired) electrons. The average Bonchev–Trinajstić information content (AvgIpc) is 2.36. The molecule has 0 aromatic heterocycles. The molecular formula is C13H24N2O4S. The van der Waals surface area contributed by atoms with Gasteiger partial charge in [-0.25, -0.2) is 12.7 Å². The minimum absolute atomic E-state index is 0.0392. The van der Waals surface area contributed by atoms with Gasteiger partial charge in [-0.1, -0.05) is 0 Å². The fraction of sp³-hybridized carbons (Fsp3) is 0.923. The van der Waals surface area contributed by atoms with E-state index in [-0.39, 0.29) is 24.0 Å². The fourth-order valence-corrected chi connectivity index (χ4v) is 3.97. The van der Waals surface area contributed by atoms with Crippen molar-refractivity contribution < 1.29 is 17.9 Å². The lowest BCUT2D eigenvalue weighted by Crippen LogP contribution is -2.52. The van der Waals surface area contributed by atoms with Crippen LogP contribution >= 0.6 is 0 Å². The number of sulfonamides is 1. The SMILES string of the molecule is C[C@@H]1CN(C(=O)[C@@H]2CCCN(S(C)(=O)=O)C2)C[C@@H](C)O1. The van der Waals surface area contributed by atoms with Crippen molar-refractivity contribution in [1.82, 2.24) is 9.21 Å². The molecule has 3 atom stereocenters. The van der Waals surface area contributed by atoms with Gasteiger partial charge in [-0.05, 0) is 26.7 Å². The van der Waals surface area contributed by atoms with Gasteiger partial charge in [0.15, 0.2) is 0 Å². The van der Waals surface area contributed by atoms with Crippen molar-refractivity contribution in [3.8, 4) is 0 Å². The van der Waals surface area contributed by atoms with Crippen LogP contribution in [0.5, 0.6) is 0 Å². The lowest BCUT2D eigenvalue weighted by Gasteiger charge is -2.39. The van der Waals surface area contributed by atoms with Crippen LogP contribution in [-0.4, -0.2) is 68.2 Å². The van der Waals surface area contributed by atoms with Crippen LogP contribution in [0.3, 0.4) is 0 Å². The maximum atomic E-state index is 12.6. The number of carbonyl (C=O) groups excluding carboxylic acids is 1. The smallest absolute Gasteiger partial charge is 0.227 e. The second-order valence-electron chi connectivity index (χ2n) is 5.96. The van der Waals surface area contributed by atoms with E-state index >= 15 is 0 Å². The van der Waals surface area contributed by atoms with Gasteiger partial charge < -0.3 is 9.64 Å². The zero-order chi connectivity index (χ0) is 14.9. The number of hydrogen-bond donors (Lipinski definition) is 0. The lowest BCUT2D eigenvalue weighted by molar-refractivity contribution is -0.148. The summed E-state index contributed by atoms with van der Waals surface area (Å²) in [5, 5.41) is 0. The molecule has 0 aromatic rings. The van der Waals surface area contributed by atoms with Crippen LogP contribution < -0.4 is 0 Å². The van der Waals surface area contributed by atoms with E-state index in [1.807, 2.05) is 18.7 Å². The monoisotopic (exact) mass is 304 g/mol. The van der Waals surface area contributed by atoms with Crippen LogP contribution in [0.25, 0.3) is 0 Å². The summed E-state index contributed by atoms with van der Waals surface area (Å²) >= 11 is 0. The van der Waals surface area contributed by atoms with Crippen molar-refractivity contribution in [2.24, 2.45) is 5.92 Å². The van der Waals surface area contributed by atoms with Gasteiger partial charge in [0.1, 0.15) is 0 Å². The molecule has 116 valence electrons. The van der Waals surface area contributed by atoms with Gasteiger partial charge in [0.25, 0.3) is 0 Å². The zero-order valence-electron chi connectivity index (χ0n) is 12.4. The summed E-state index contributed by atoms with van der Waals surface area (Å²) in [7, 11) is -3.21. The minimum atomic E-state index is -3.21. The molecule has 0 unspecified atom stereocenters. The van der Waals surface area contributed by atoms with Crippen LogP contribution in [0.1, 0.15) is 26.7 Å². The zero-order valence-corrected chi connectivity index (χ0v) is 13.2. The van der Waals surface area contributed by atoms with Crippen molar-refractivity contribution >= 4 is 15.9 Å². The predicted octanol–water partition coefficient (Wildman–Crippen LogP) is 0.294. The molecule has 0 N–H and O–H groups in total. The number of carbonyl (C=O) groups is 1. The van der Waals surface area contributed by atoms with Crippen LogP contribution in [0.4, 0.5) is 0 Å². The molecule has 0 spiro atoms. The van der Waals surface area contributed by atoms with E-state index in [1.165, 1.54) is 10.6 Å². The van der Waals surface area contributed by atoms with E-state index in [9.17, 15) is 13.2 Å². The van der Waals surface area contributed by atoms with Gasteiger partial charge in [0, 0.05) is 26.2 Å². The summed E-state index contributed by atoms with van der Waals surface area (Å²) in [6.45, 7) is 5.95. The minimum Gasteiger partial charge on any atom is -0.372 e. The molecule has 2 fully saturated rings. The Balaban J connectivity index is 2.01. The van der Waals surface area contributed by atoms with Crippen LogP contribution in [-0.2, 0) is 19.6 Å². The number of morpholine rings is 1. The standard InChI is InChI=1S/C13H24N2O4S/c1-10-7-14(8-11(2)19-10)13(16)12-5-4-6-15(9-12)20(3,17)18/h10-12H,4-9H2,1-3H3/t10-,11-,12-/m1/s1. The van der Waals surface area contributed by atoms with E-state index < -0.39 is 10.0 Å². The Morgan fingerprint density at radius 1 is 1.15 bits per heavy atom. The first-order valence-electron chi connectivity index (χ1n) is 7.16. The van der Waals surface area contributed by atoms with Gasteiger partial charge in [0.2, 0.25) is 15.9 Å². The predicted molar refractivity (Wildman–Crippen MR) is 75.7 cm³/mol. The maximum absolute atomic E-state index is 12.6. The Kier molecular flexibility index (Phi) is 4.71. The summed E-state index contributed by atoms with van der Waals surface area (Å²) in [4.78, 5) is 14.4. The first-order valence-corrected chi connectivity index (χ1v) is 9.01. The molecule has 2 aliphatic heterocycles. The van der Waals surface area contributed by atoms with Crippen molar-refractivity contribution in [1.29, 1.82) is 0 Å². The highest BCUT2D eigenvalue weighted by molar-refractivity contribution is 7.88. The number of rotatable bonds is 2. The van der Waals surface area contributed by atoms with Crippen molar-refractivity contribution in [2.75, 3.05) is 32.4 Å².